The predicted molar refractivity (Wildman–Crippen MR) is 115 cm³/mol. The zero-order valence-electron chi connectivity index (χ0n) is 16.9. The van der Waals surface area contributed by atoms with Crippen LogP contribution in [0.25, 0.3) is 5.69 Å². The quantitative estimate of drug-likeness (QED) is 0.653. The van der Waals surface area contributed by atoms with Crippen molar-refractivity contribution in [3.63, 3.8) is 0 Å². The summed E-state index contributed by atoms with van der Waals surface area (Å²) in [7, 11) is 3.74. The number of nitrogens with zero attached hydrogens (tertiary/aromatic N) is 3. The van der Waals surface area contributed by atoms with Crippen LogP contribution in [-0.2, 0) is 0 Å². The third kappa shape index (κ3) is 4.58. The first-order valence-electron chi connectivity index (χ1n) is 9.34. The Morgan fingerprint density at radius 1 is 1.20 bits per heavy atom. The number of aromatic nitrogens is 2. The van der Waals surface area contributed by atoms with E-state index in [-0.39, 0.29) is 24.0 Å². The van der Waals surface area contributed by atoms with Crippen LogP contribution < -0.4 is 10.7 Å². The Balaban J connectivity index is 1.88. The Morgan fingerprint density at radius 2 is 1.87 bits per heavy atom. The monoisotopic (exact) mass is 428 g/mol. The van der Waals surface area contributed by atoms with Crippen LogP contribution in [0.2, 0.25) is 5.02 Å². The molecule has 1 amide bonds. The maximum Gasteiger partial charge on any atom is 0.275 e. The topological polar surface area (TPSA) is 67.2 Å². The molecule has 0 fully saturated rings. The van der Waals surface area contributed by atoms with Crippen LogP contribution in [0.4, 0.5) is 4.39 Å². The van der Waals surface area contributed by atoms with Crippen LogP contribution in [0.15, 0.2) is 59.4 Å². The molecule has 0 aliphatic carbocycles. The van der Waals surface area contributed by atoms with Gasteiger partial charge in [-0.2, -0.15) is 5.10 Å². The maximum atomic E-state index is 14.2. The highest BCUT2D eigenvalue weighted by atomic mass is 35.5. The minimum absolute atomic E-state index is 0.159. The number of amides is 1. The van der Waals surface area contributed by atoms with Gasteiger partial charge in [0.2, 0.25) is 5.43 Å². The number of rotatable bonds is 6. The van der Waals surface area contributed by atoms with Gasteiger partial charge in [-0.25, -0.2) is 9.07 Å². The Labute approximate surface area is 178 Å². The van der Waals surface area contributed by atoms with Gasteiger partial charge < -0.3 is 10.2 Å². The molecule has 156 valence electrons. The molecule has 1 aromatic heterocycles. The van der Waals surface area contributed by atoms with Crippen LogP contribution in [0.1, 0.15) is 27.8 Å². The average Bonchev–Trinajstić information content (AvgIpc) is 2.70. The summed E-state index contributed by atoms with van der Waals surface area (Å²) in [5.41, 5.74) is 0.595. The minimum Gasteiger partial charge on any atom is -0.349 e. The Bertz CT molecular complexity index is 1130. The lowest BCUT2D eigenvalue weighted by atomic mass is 10.1. The number of hydrogen-bond donors (Lipinski definition) is 1. The van der Waals surface area contributed by atoms with E-state index in [1.54, 1.807) is 25.1 Å². The molecule has 0 bridgehead atoms. The summed E-state index contributed by atoms with van der Waals surface area (Å²) >= 11 is 6.30. The first kappa shape index (κ1) is 21.7. The standard InChI is InChI=1S/C22H22ClFN4O2/c1-14-12-20(29)21(26-28(14)18-11-7-6-10-17(18)24)22(30)25-13-19(27(2)3)15-8-4-5-9-16(15)23/h4-12,19H,13H2,1-3H3,(H,25,30). The zero-order chi connectivity index (χ0) is 21.8. The molecule has 2 aromatic carbocycles. The van der Waals surface area contributed by atoms with Crippen LogP contribution in [0, 0.1) is 12.7 Å². The molecule has 3 aromatic rings. The highest BCUT2D eigenvalue weighted by molar-refractivity contribution is 6.31. The van der Waals surface area contributed by atoms with Gasteiger partial charge in [-0.05, 0) is 44.8 Å². The van der Waals surface area contributed by atoms with Gasteiger partial charge in [-0.3, -0.25) is 9.59 Å². The maximum absolute atomic E-state index is 14.2. The van der Waals surface area contributed by atoms with E-state index in [2.05, 4.69) is 10.4 Å². The molecule has 0 aliphatic heterocycles. The third-order valence-electron chi connectivity index (χ3n) is 4.75. The Kier molecular flexibility index (Phi) is 6.64. The van der Waals surface area contributed by atoms with Crippen molar-refractivity contribution < 1.29 is 9.18 Å². The minimum atomic E-state index is -0.635. The summed E-state index contributed by atoms with van der Waals surface area (Å²) in [5, 5.41) is 7.46. The number of carbonyl (C=O) groups excluding carboxylic acids is 1. The number of halogens is 2. The normalized spacial score (nSPS) is 12.1. The van der Waals surface area contributed by atoms with E-state index in [1.165, 1.54) is 22.9 Å². The molecule has 8 heteroatoms. The molecule has 1 N–H and O–H groups in total. The van der Waals surface area contributed by atoms with E-state index in [9.17, 15) is 14.0 Å². The van der Waals surface area contributed by atoms with Crippen LogP contribution in [0.3, 0.4) is 0 Å². The van der Waals surface area contributed by atoms with Crippen LogP contribution >= 0.6 is 11.6 Å². The lowest BCUT2D eigenvalue weighted by molar-refractivity contribution is 0.0934. The van der Waals surface area contributed by atoms with Gasteiger partial charge in [0.25, 0.3) is 5.91 Å². The van der Waals surface area contributed by atoms with E-state index >= 15 is 0 Å². The summed E-state index contributed by atoms with van der Waals surface area (Å²) < 4.78 is 15.5. The SMILES string of the molecule is Cc1cc(=O)c(C(=O)NCC(c2ccccc2Cl)N(C)C)nn1-c1ccccc1F. The van der Waals surface area contributed by atoms with Crippen LogP contribution in [0.5, 0.6) is 0 Å². The van der Waals surface area contributed by atoms with Gasteiger partial charge in [0.05, 0.1) is 6.04 Å². The number of aryl methyl sites for hydroxylation is 1. The van der Waals surface area contributed by atoms with Crippen LogP contribution in [-0.4, -0.2) is 41.2 Å². The second-order valence-electron chi connectivity index (χ2n) is 7.07. The van der Waals surface area contributed by atoms with Crippen molar-refractivity contribution >= 4 is 17.5 Å². The fourth-order valence-corrected chi connectivity index (χ4v) is 3.42. The molecule has 0 saturated carbocycles. The first-order chi connectivity index (χ1) is 14.3. The van der Waals surface area contributed by atoms with E-state index in [0.717, 1.165) is 5.56 Å². The summed E-state index contributed by atoms with van der Waals surface area (Å²) in [5.74, 6) is -1.14. The molecular formula is C22H22ClFN4O2. The summed E-state index contributed by atoms with van der Waals surface area (Å²) in [6.45, 7) is 1.84. The molecule has 0 radical (unpaired) electrons. The number of benzene rings is 2. The van der Waals surface area contributed by atoms with E-state index in [1.807, 2.05) is 37.2 Å². The molecule has 0 saturated heterocycles. The highest BCUT2D eigenvalue weighted by Gasteiger charge is 2.21. The van der Waals surface area contributed by atoms with Crippen molar-refractivity contribution in [2.24, 2.45) is 0 Å². The number of para-hydroxylation sites is 1. The van der Waals surface area contributed by atoms with E-state index in [0.29, 0.717) is 10.7 Å². The lowest BCUT2D eigenvalue weighted by Crippen LogP contribution is -2.37. The first-order valence-corrected chi connectivity index (χ1v) is 9.72. The molecule has 1 atom stereocenters. The van der Waals surface area contributed by atoms with Gasteiger partial charge in [0.15, 0.2) is 5.69 Å². The van der Waals surface area contributed by atoms with Crippen molar-refractivity contribution in [2.75, 3.05) is 20.6 Å². The average molecular weight is 429 g/mol. The second kappa shape index (κ2) is 9.19. The molecule has 1 heterocycles. The largest absolute Gasteiger partial charge is 0.349 e. The molecular weight excluding hydrogens is 407 g/mol. The zero-order valence-corrected chi connectivity index (χ0v) is 17.7. The van der Waals surface area contributed by atoms with Gasteiger partial charge in [-0.15, -0.1) is 0 Å². The lowest BCUT2D eigenvalue weighted by Gasteiger charge is -2.25. The van der Waals surface area contributed by atoms with Gasteiger partial charge in [-0.1, -0.05) is 41.9 Å². The fourth-order valence-electron chi connectivity index (χ4n) is 3.16. The van der Waals surface area contributed by atoms with Gasteiger partial charge in [0, 0.05) is 23.3 Å². The predicted octanol–water partition coefficient (Wildman–Crippen LogP) is 3.37. The number of likely N-dealkylation sites (N-methyl/N-ethyl adjacent to an activating group) is 1. The van der Waals surface area contributed by atoms with Crippen molar-refractivity contribution in [3.8, 4) is 5.69 Å². The molecule has 1 unspecified atom stereocenters. The summed E-state index contributed by atoms with van der Waals surface area (Å²) in [4.78, 5) is 27.1. The molecule has 30 heavy (non-hydrogen) atoms. The Morgan fingerprint density at radius 3 is 2.53 bits per heavy atom. The smallest absolute Gasteiger partial charge is 0.275 e. The summed E-state index contributed by atoms with van der Waals surface area (Å²) in [6.07, 6.45) is 0. The number of nitrogens with one attached hydrogen (secondary N) is 1. The van der Waals surface area contributed by atoms with Crippen molar-refractivity contribution in [2.45, 2.75) is 13.0 Å². The molecule has 6 nitrogen and oxygen atoms in total. The highest BCUT2D eigenvalue weighted by Crippen LogP contribution is 2.25. The second-order valence-corrected chi connectivity index (χ2v) is 7.48. The van der Waals surface area contributed by atoms with Gasteiger partial charge >= 0.3 is 0 Å². The van der Waals surface area contributed by atoms with E-state index < -0.39 is 17.2 Å². The van der Waals surface area contributed by atoms with Crippen molar-refractivity contribution in [1.82, 2.24) is 20.0 Å². The molecule has 3 rings (SSSR count). The number of carbonyl (C=O) groups is 1. The van der Waals surface area contributed by atoms with Crippen molar-refractivity contribution in [1.29, 1.82) is 0 Å². The van der Waals surface area contributed by atoms with Crippen molar-refractivity contribution in [3.05, 3.63) is 92.6 Å². The number of hydrogen-bond acceptors (Lipinski definition) is 4. The Hall–Kier alpha value is -3.03. The van der Waals surface area contributed by atoms with Gasteiger partial charge in [0.1, 0.15) is 11.5 Å². The molecule has 0 spiro atoms. The molecule has 0 aliphatic rings. The van der Waals surface area contributed by atoms with E-state index in [4.69, 9.17) is 11.6 Å². The third-order valence-corrected chi connectivity index (χ3v) is 5.09. The fraction of sp³-hybridized carbons (Fsp3) is 0.227. The summed E-state index contributed by atoms with van der Waals surface area (Å²) in [6, 6.07) is 14.5.